The number of imidazole rings is 1. The maximum Gasteiger partial charge on any atom is 0.206 e. The Morgan fingerprint density at radius 3 is 2.50 bits per heavy atom. The van der Waals surface area contributed by atoms with Crippen molar-refractivity contribution in [2.75, 3.05) is 5.73 Å². The van der Waals surface area contributed by atoms with Gasteiger partial charge in [0.05, 0.1) is 11.2 Å². The zero-order valence-electron chi connectivity index (χ0n) is 15.6. The second-order valence-corrected chi connectivity index (χ2v) is 7.11. The minimum Gasteiger partial charge on any atom is -0.369 e. The largest absolute Gasteiger partial charge is 0.369 e. The number of rotatable bonds is 3. The molecule has 4 nitrogen and oxygen atoms in total. The Balaban J connectivity index is 1.57. The molecule has 3 aromatic carbocycles. The van der Waals surface area contributed by atoms with E-state index >= 15 is 0 Å². The zero-order chi connectivity index (χ0) is 19.1. The lowest BCUT2D eigenvalue weighted by Gasteiger charge is -2.05. The Hall–Kier alpha value is -3.66. The molecule has 0 aliphatic rings. The van der Waals surface area contributed by atoms with Gasteiger partial charge in [-0.1, -0.05) is 66.7 Å². The molecule has 5 rings (SSSR count). The van der Waals surface area contributed by atoms with E-state index in [1.165, 1.54) is 16.7 Å². The van der Waals surface area contributed by atoms with E-state index in [2.05, 4.69) is 59.6 Å². The van der Waals surface area contributed by atoms with Crippen molar-refractivity contribution < 1.29 is 0 Å². The van der Waals surface area contributed by atoms with Crippen molar-refractivity contribution in [2.45, 2.75) is 13.3 Å². The molecule has 0 radical (unpaired) electrons. The predicted octanol–water partition coefficient (Wildman–Crippen LogP) is 5.03. The van der Waals surface area contributed by atoms with Gasteiger partial charge in [-0.2, -0.15) is 0 Å². The Morgan fingerprint density at radius 2 is 1.64 bits per heavy atom. The van der Waals surface area contributed by atoms with Crippen LogP contribution in [0.25, 0.3) is 27.7 Å². The molecule has 2 N–H and O–H groups in total. The van der Waals surface area contributed by atoms with Gasteiger partial charge in [-0.15, -0.1) is 0 Å². The normalized spacial score (nSPS) is 11.3. The van der Waals surface area contributed by atoms with Gasteiger partial charge < -0.3 is 5.73 Å². The molecule has 0 aliphatic heterocycles. The Kier molecular flexibility index (Phi) is 3.83. The fourth-order valence-electron chi connectivity index (χ4n) is 3.74. The van der Waals surface area contributed by atoms with Crippen LogP contribution in [0.4, 0.5) is 5.95 Å². The summed E-state index contributed by atoms with van der Waals surface area (Å²) in [7, 11) is 0. The first-order chi connectivity index (χ1) is 13.7. The number of benzene rings is 3. The topological polar surface area (TPSA) is 56.2 Å². The van der Waals surface area contributed by atoms with Crippen LogP contribution in [0, 0.1) is 6.92 Å². The number of hydrogen-bond donors (Lipinski definition) is 1. The minimum absolute atomic E-state index is 0.466. The summed E-state index contributed by atoms with van der Waals surface area (Å²) in [4.78, 5) is 9.46. The lowest BCUT2D eigenvalue weighted by Crippen LogP contribution is -2.01. The van der Waals surface area contributed by atoms with E-state index in [1.54, 1.807) is 0 Å². The average molecular weight is 364 g/mol. The van der Waals surface area contributed by atoms with Gasteiger partial charge >= 0.3 is 0 Å². The molecule has 2 aromatic heterocycles. The highest BCUT2D eigenvalue weighted by molar-refractivity contribution is 5.94. The van der Waals surface area contributed by atoms with Crippen molar-refractivity contribution in [3.05, 3.63) is 95.8 Å². The van der Waals surface area contributed by atoms with Crippen LogP contribution in [-0.2, 0) is 6.42 Å². The van der Waals surface area contributed by atoms with E-state index in [0.29, 0.717) is 5.95 Å². The van der Waals surface area contributed by atoms with Gasteiger partial charge in [0, 0.05) is 18.0 Å². The quantitative estimate of drug-likeness (QED) is 0.488. The molecule has 0 saturated heterocycles. The zero-order valence-corrected chi connectivity index (χ0v) is 15.6. The van der Waals surface area contributed by atoms with E-state index in [9.17, 15) is 0 Å². The molecule has 5 aromatic rings. The molecule has 2 heterocycles. The second-order valence-electron chi connectivity index (χ2n) is 7.11. The van der Waals surface area contributed by atoms with Crippen LogP contribution in [0.2, 0.25) is 0 Å². The van der Waals surface area contributed by atoms with Crippen molar-refractivity contribution in [1.29, 1.82) is 0 Å². The second kappa shape index (κ2) is 6.50. The number of nitrogens with two attached hydrogens (primary N) is 1. The molecular formula is C24H20N4. The lowest BCUT2D eigenvalue weighted by atomic mass is 10.0. The first-order valence-electron chi connectivity index (χ1n) is 9.36. The van der Waals surface area contributed by atoms with Crippen molar-refractivity contribution in [3.63, 3.8) is 0 Å². The average Bonchev–Trinajstić information content (AvgIpc) is 3.15. The van der Waals surface area contributed by atoms with Gasteiger partial charge in [-0.25, -0.2) is 9.97 Å². The number of nitrogens with zero attached hydrogens (tertiary/aromatic N) is 3. The standard InChI is InChI=1S/C24H20N4/c1-16-7-5-12-21-22(16)27-24(25)28-15-20(26-23(21)28)14-17-8-6-11-19(13-17)18-9-3-2-4-10-18/h2-13,15H,14H2,1H3,(H2,25,27). The van der Waals surface area contributed by atoms with Crippen LogP contribution in [0.15, 0.2) is 79.0 Å². The van der Waals surface area contributed by atoms with Gasteiger partial charge in [-0.3, -0.25) is 4.40 Å². The van der Waals surface area contributed by atoms with E-state index in [0.717, 1.165) is 34.2 Å². The third kappa shape index (κ3) is 2.79. The Bertz CT molecular complexity index is 1300. The Morgan fingerprint density at radius 1 is 0.857 bits per heavy atom. The van der Waals surface area contributed by atoms with E-state index < -0.39 is 0 Å². The number of hydrogen-bond acceptors (Lipinski definition) is 3. The third-order valence-corrected chi connectivity index (χ3v) is 5.13. The highest BCUT2D eigenvalue weighted by Gasteiger charge is 2.12. The molecule has 4 heteroatoms. The van der Waals surface area contributed by atoms with Crippen LogP contribution >= 0.6 is 0 Å². The summed E-state index contributed by atoms with van der Waals surface area (Å²) in [6.45, 7) is 2.05. The molecule has 0 atom stereocenters. The smallest absolute Gasteiger partial charge is 0.206 e. The third-order valence-electron chi connectivity index (χ3n) is 5.13. The summed E-state index contributed by atoms with van der Waals surface area (Å²) >= 11 is 0. The van der Waals surface area contributed by atoms with Gasteiger partial charge in [0.1, 0.15) is 5.65 Å². The SMILES string of the molecule is Cc1cccc2c1nc(N)n1cc(Cc3cccc(-c4ccccc4)c3)nc21. The minimum atomic E-state index is 0.466. The molecule has 0 saturated carbocycles. The van der Waals surface area contributed by atoms with Crippen LogP contribution in [-0.4, -0.2) is 14.4 Å². The highest BCUT2D eigenvalue weighted by atomic mass is 15.1. The van der Waals surface area contributed by atoms with Crippen LogP contribution < -0.4 is 5.73 Å². The Labute approximate surface area is 163 Å². The van der Waals surface area contributed by atoms with E-state index in [-0.39, 0.29) is 0 Å². The number of anilines is 1. The number of aromatic nitrogens is 3. The highest BCUT2D eigenvalue weighted by Crippen LogP contribution is 2.25. The van der Waals surface area contributed by atoms with Crippen molar-refractivity contribution in [1.82, 2.24) is 14.4 Å². The molecule has 0 amide bonds. The molecule has 0 fully saturated rings. The molecule has 136 valence electrons. The van der Waals surface area contributed by atoms with Gasteiger partial charge in [0.25, 0.3) is 0 Å². The predicted molar refractivity (Wildman–Crippen MR) is 114 cm³/mol. The number of fused-ring (bicyclic) bond motifs is 3. The number of para-hydroxylation sites is 1. The van der Waals surface area contributed by atoms with Gasteiger partial charge in [0.15, 0.2) is 0 Å². The summed E-state index contributed by atoms with van der Waals surface area (Å²) in [5.74, 6) is 0.466. The molecule has 28 heavy (non-hydrogen) atoms. The van der Waals surface area contributed by atoms with E-state index in [1.807, 2.05) is 35.7 Å². The lowest BCUT2D eigenvalue weighted by molar-refractivity contribution is 1.10. The maximum atomic E-state index is 6.21. The van der Waals surface area contributed by atoms with Crippen LogP contribution in [0.3, 0.4) is 0 Å². The fourth-order valence-corrected chi connectivity index (χ4v) is 3.74. The van der Waals surface area contributed by atoms with Gasteiger partial charge in [-0.05, 0) is 35.2 Å². The van der Waals surface area contributed by atoms with Crippen LogP contribution in [0.1, 0.15) is 16.8 Å². The monoisotopic (exact) mass is 364 g/mol. The summed E-state index contributed by atoms with van der Waals surface area (Å²) in [5.41, 5.74) is 13.7. The first-order valence-corrected chi connectivity index (χ1v) is 9.36. The van der Waals surface area contributed by atoms with Crippen molar-refractivity contribution in [2.24, 2.45) is 0 Å². The number of aryl methyl sites for hydroxylation is 1. The first kappa shape index (κ1) is 16.5. The summed E-state index contributed by atoms with van der Waals surface area (Å²) in [5, 5.41) is 1.03. The van der Waals surface area contributed by atoms with E-state index in [4.69, 9.17) is 10.7 Å². The molecular weight excluding hydrogens is 344 g/mol. The maximum absolute atomic E-state index is 6.21. The molecule has 0 bridgehead atoms. The molecule has 0 unspecified atom stereocenters. The van der Waals surface area contributed by atoms with Crippen molar-refractivity contribution in [3.8, 4) is 11.1 Å². The summed E-state index contributed by atoms with van der Waals surface area (Å²) in [6.07, 6.45) is 2.74. The fraction of sp³-hybridized carbons (Fsp3) is 0.0833. The molecule has 0 spiro atoms. The van der Waals surface area contributed by atoms with Gasteiger partial charge in [0.2, 0.25) is 5.95 Å². The number of nitrogen functional groups attached to an aromatic ring is 1. The molecule has 0 aliphatic carbocycles. The summed E-state index contributed by atoms with van der Waals surface area (Å²) in [6, 6.07) is 25.2. The van der Waals surface area contributed by atoms with Crippen LogP contribution in [0.5, 0.6) is 0 Å². The van der Waals surface area contributed by atoms with Crippen molar-refractivity contribution >= 4 is 22.5 Å². The summed E-state index contributed by atoms with van der Waals surface area (Å²) < 4.78 is 1.89.